The summed E-state index contributed by atoms with van der Waals surface area (Å²) in [6, 6.07) is 0. The van der Waals surface area contributed by atoms with Crippen LogP contribution >= 0.6 is 0 Å². The minimum absolute atomic E-state index is 0.00819. The highest BCUT2D eigenvalue weighted by atomic mass is 16.5. The molecule has 5 nitrogen and oxygen atoms in total. The summed E-state index contributed by atoms with van der Waals surface area (Å²) in [5, 5.41) is 16.7. The summed E-state index contributed by atoms with van der Waals surface area (Å²) in [7, 11) is 0. The van der Waals surface area contributed by atoms with Crippen molar-refractivity contribution >= 4 is 11.9 Å². The standard InChI is InChI=1S/C9H16O5/c10-6-1-2-7-14-9(13)5-3-4-8(11)12/h10H,1-7H2,(H,11,12). The zero-order chi connectivity index (χ0) is 10.8. The number of ether oxygens (including phenoxy) is 1. The van der Waals surface area contributed by atoms with Gasteiger partial charge in [0.25, 0.3) is 0 Å². The third-order valence-corrected chi connectivity index (χ3v) is 1.59. The summed E-state index contributed by atoms with van der Waals surface area (Å²) in [4.78, 5) is 21.0. The van der Waals surface area contributed by atoms with Gasteiger partial charge in [0.1, 0.15) is 0 Å². The van der Waals surface area contributed by atoms with Crippen LogP contribution in [0.3, 0.4) is 0 Å². The molecule has 0 aromatic rings. The Morgan fingerprint density at radius 2 is 1.79 bits per heavy atom. The fourth-order valence-corrected chi connectivity index (χ4v) is 0.856. The van der Waals surface area contributed by atoms with Gasteiger partial charge in [0.2, 0.25) is 0 Å². The first-order valence-corrected chi connectivity index (χ1v) is 4.65. The average molecular weight is 204 g/mol. The summed E-state index contributed by atoms with van der Waals surface area (Å²) in [5.74, 6) is -1.28. The molecule has 2 N–H and O–H groups in total. The van der Waals surface area contributed by atoms with Crippen molar-refractivity contribution in [3.63, 3.8) is 0 Å². The van der Waals surface area contributed by atoms with Crippen LogP contribution < -0.4 is 0 Å². The van der Waals surface area contributed by atoms with E-state index in [1.165, 1.54) is 0 Å². The third-order valence-electron chi connectivity index (χ3n) is 1.59. The number of carbonyl (C=O) groups excluding carboxylic acids is 1. The molecule has 0 fully saturated rings. The zero-order valence-electron chi connectivity index (χ0n) is 8.07. The van der Waals surface area contributed by atoms with Crippen LogP contribution in [0.4, 0.5) is 0 Å². The Morgan fingerprint density at radius 3 is 2.36 bits per heavy atom. The maximum absolute atomic E-state index is 10.9. The van der Waals surface area contributed by atoms with Crippen LogP contribution in [0, 0.1) is 0 Å². The van der Waals surface area contributed by atoms with Gasteiger partial charge in [-0.25, -0.2) is 0 Å². The number of carbonyl (C=O) groups is 2. The number of aliphatic hydroxyl groups excluding tert-OH is 1. The molecule has 0 bridgehead atoms. The molecule has 0 aromatic carbocycles. The van der Waals surface area contributed by atoms with Gasteiger partial charge in [0, 0.05) is 19.4 Å². The Kier molecular flexibility index (Phi) is 7.83. The number of aliphatic hydroxyl groups is 1. The van der Waals surface area contributed by atoms with E-state index in [1.54, 1.807) is 0 Å². The van der Waals surface area contributed by atoms with Crippen LogP contribution in [0.2, 0.25) is 0 Å². The van der Waals surface area contributed by atoms with Gasteiger partial charge in [0.15, 0.2) is 0 Å². The van der Waals surface area contributed by atoms with E-state index in [0.29, 0.717) is 25.9 Å². The maximum atomic E-state index is 10.9. The van der Waals surface area contributed by atoms with Gasteiger partial charge < -0.3 is 14.9 Å². The summed E-state index contributed by atoms with van der Waals surface area (Å²) in [6.45, 7) is 0.392. The quantitative estimate of drug-likeness (QED) is 0.445. The molecule has 0 radical (unpaired) electrons. The average Bonchev–Trinajstić information content (AvgIpc) is 2.12. The Bertz CT molecular complexity index is 178. The highest BCUT2D eigenvalue weighted by molar-refractivity contribution is 5.71. The van der Waals surface area contributed by atoms with Gasteiger partial charge in [0.05, 0.1) is 6.61 Å². The second kappa shape index (κ2) is 8.50. The van der Waals surface area contributed by atoms with Crippen LogP contribution in [0.1, 0.15) is 32.1 Å². The molecular formula is C9H16O5. The van der Waals surface area contributed by atoms with E-state index >= 15 is 0 Å². The van der Waals surface area contributed by atoms with Gasteiger partial charge in [-0.3, -0.25) is 9.59 Å². The third kappa shape index (κ3) is 8.99. The number of rotatable bonds is 8. The van der Waals surface area contributed by atoms with E-state index in [9.17, 15) is 9.59 Å². The first-order chi connectivity index (χ1) is 6.66. The van der Waals surface area contributed by atoms with Crippen molar-refractivity contribution in [3.05, 3.63) is 0 Å². The van der Waals surface area contributed by atoms with Crippen LogP contribution in [0.5, 0.6) is 0 Å². The van der Waals surface area contributed by atoms with Gasteiger partial charge in [-0.15, -0.1) is 0 Å². The molecule has 82 valence electrons. The Hall–Kier alpha value is -1.10. The predicted octanol–water partition coefficient (Wildman–Crippen LogP) is 0.557. The maximum Gasteiger partial charge on any atom is 0.305 e. The summed E-state index contributed by atoms with van der Waals surface area (Å²) in [5.41, 5.74) is 0. The Labute approximate surface area is 82.7 Å². The molecular weight excluding hydrogens is 188 g/mol. The van der Waals surface area contributed by atoms with Gasteiger partial charge >= 0.3 is 11.9 Å². The highest BCUT2D eigenvalue weighted by Crippen LogP contribution is 1.98. The molecule has 0 aliphatic heterocycles. The van der Waals surface area contributed by atoms with Crippen molar-refractivity contribution in [1.82, 2.24) is 0 Å². The minimum atomic E-state index is -0.905. The number of unbranched alkanes of at least 4 members (excludes halogenated alkanes) is 1. The topological polar surface area (TPSA) is 83.8 Å². The molecule has 0 amide bonds. The van der Waals surface area contributed by atoms with Crippen molar-refractivity contribution in [2.45, 2.75) is 32.1 Å². The first-order valence-electron chi connectivity index (χ1n) is 4.65. The lowest BCUT2D eigenvalue weighted by atomic mass is 10.2. The van der Waals surface area contributed by atoms with Crippen LogP contribution in [0.25, 0.3) is 0 Å². The Morgan fingerprint density at radius 1 is 1.07 bits per heavy atom. The monoisotopic (exact) mass is 204 g/mol. The fourth-order valence-electron chi connectivity index (χ4n) is 0.856. The lowest BCUT2D eigenvalue weighted by Crippen LogP contribution is -2.07. The van der Waals surface area contributed by atoms with Crippen molar-refractivity contribution in [2.75, 3.05) is 13.2 Å². The summed E-state index contributed by atoms with van der Waals surface area (Å²) < 4.78 is 4.78. The van der Waals surface area contributed by atoms with E-state index in [1.807, 2.05) is 0 Å². The fraction of sp³-hybridized carbons (Fsp3) is 0.778. The zero-order valence-corrected chi connectivity index (χ0v) is 8.07. The molecule has 0 rings (SSSR count). The van der Waals surface area contributed by atoms with E-state index in [-0.39, 0.29) is 25.4 Å². The SMILES string of the molecule is O=C(O)CCCC(=O)OCCCCO. The largest absolute Gasteiger partial charge is 0.481 e. The van der Waals surface area contributed by atoms with Gasteiger partial charge in [-0.2, -0.15) is 0 Å². The van der Waals surface area contributed by atoms with E-state index in [0.717, 1.165) is 0 Å². The molecule has 0 spiro atoms. The van der Waals surface area contributed by atoms with Crippen molar-refractivity contribution in [3.8, 4) is 0 Å². The van der Waals surface area contributed by atoms with Crippen LogP contribution in [0.15, 0.2) is 0 Å². The number of hydrogen-bond donors (Lipinski definition) is 2. The highest BCUT2D eigenvalue weighted by Gasteiger charge is 2.04. The minimum Gasteiger partial charge on any atom is -0.481 e. The van der Waals surface area contributed by atoms with Crippen LogP contribution in [-0.2, 0) is 14.3 Å². The number of hydrogen-bond acceptors (Lipinski definition) is 4. The Balaban J connectivity index is 3.24. The lowest BCUT2D eigenvalue weighted by Gasteiger charge is -2.02. The smallest absolute Gasteiger partial charge is 0.305 e. The molecule has 0 atom stereocenters. The predicted molar refractivity (Wildman–Crippen MR) is 48.8 cm³/mol. The molecule has 5 heteroatoms. The summed E-state index contributed by atoms with van der Waals surface area (Å²) in [6.07, 6.45) is 1.70. The summed E-state index contributed by atoms with van der Waals surface area (Å²) >= 11 is 0. The number of carboxylic acids is 1. The van der Waals surface area contributed by atoms with E-state index < -0.39 is 5.97 Å². The molecule has 0 saturated heterocycles. The molecule has 0 heterocycles. The van der Waals surface area contributed by atoms with Gasteiger partial charge in [-0.05, 0) is 19.3 Å². The number of aliphatic carboxylic acids is 1. The van der Waals surface area contributed by atoms with Crippen molar-refractivity contribution in [1.29, 1.82) is 0 Å². The molecule has 0 aliphatic rings. The van der Waals surface area contributed by atoms with Gasteiger partial charge in [-0.1, -0.05) is 0 Å². The van der Waals surface area contributed by atoms with Crippen LogP contribution in [-0.4, -0.2) is 35.4 Å². The molecule has 0 saturated carbocycles. The van der Waals surface area contributed by atoms with Crippen molar-refractivity contribution in [2.24, 2.45) is 0 Å². The van der Waals surface area contributed by atoms with Crippen molar-refractivity contribution < 1.29 is 24.5 Å². The first kappa shape index (κ1) is 12.9. The second-order valence-electron chi connectivity index (χ2n) is 2.90. The molecule has 0 aromatic heterocycles. The normalized spacial score (nSPS) is 9.79. The van der Waals surface area contributed by atoms with E-state index in [2.05, 4.69) is 0 Å². The van der Waals surface area contributed by atoms with E-state index in [4.69, 9.17) is 14.9 Å². The lowest BCUT2D eigenvalue weighted by molar-refractivity contribution is -0.144. The second-order valence-corrected chi connectivity index (χ2v) is 2.90. The number of carboxylic acid groups (broad SMARTS) is 1. The number of esters is 1. The molecule has 0 unspecified atom stereocenters. The molecule has 0 aliphatic carbocycles. The molecule has 14 heavy (non-hydrogen) atoms.